The van der Waals surface area contributed by atoms with Crippen molar-refractivity contribution >= 4 is 11.7 Å². The Morgan fingerprint density at radius 3 is 2.65 bits per heavy atom. The Morgan fingerprint density at radius 1 is 1.04 bits per heavy atom. The highest BCUT2D eigenvalue weighted by molar-refractivity contribution is 6.00. The predicted octanol–water partition coefficient (Wildman–Crippen LogP) is 3.65. The van der Waals surface area contributed by atoms with E-state index in [1.807, 2.05) is 25.1 Å². The highest BCUT2D eigenvalue weighted by atomic mass is 16.1. The molecule has 130 valence electrons. The molecule has 0 amide bonds. The lowest BCUT2D eigenvalue weighted by Gasteiger charge is -2.26. The third-order valence-corrected chi connectivity index (χ3v) is 5.00. The van der Waals surface area contributed by atoms with Gasteiger partial charge in [-0.1, -0.05) is 30.3 Å². The summed E-state index contributed by atoms with van der Waals surface area (Å²) in [6.45, 7) is 3.87. The molecule has 1 unspecified atom stereocenters. The minimum Gasteiger partial charge on any atom is -0.368 e. The molecule has 3 aromatic rings. The van der Waals surface area contributed by atoms with Crippen molar-refractivity contribution in [2.45, 2.75) is 32.6 Å². The van der Waals surface area contributed by atoms with Crippen LogP contribution in [0.1, 0.15) is 45.2 Å². The van der Waals surface area contributed by atoms with Crippen LogP contribution in [0.15, 0.2) is 42.6 Å². The van der Waals surface area contributed by atoms with E-state index in [0.29, 0.717) is 24.1 Å². The molecule has 0 bridgehead atoms. The Hall–Kier alpha value is -3.08. The van der Waals surface area contributed by atoms with Crippen LogP contribution >= 0.6 is 0 Å². The summed E-state index contributed by atoms with van der Waals surface area (Å²) in [7, 11) is 0. The molecule has 2 N–H and O–H groups in total. The van der Waals surface area contributed by atoms with E-state index in [9.17, 15) is 4.79 Å². The van der Waals surface area contributed by atoms with Crippen LogP contribution in [0.2, 0.25) is 0 Å². The van der Waals surface area contributed by atoms with Gasteiger partial charge < -0.3 is 5.73 Å². The number of Topliss-reactive ketones (excluding diaryl/α,β-unsaturated/α-hetero) is 1. The fraction of sp³-hybridized carbons (Fsp3) is 0.238. The molecule has 0 saturated heterocycles. The average molecular weight is 344 g/mol. The van der Waals surface area contributed by atoms with E-state index in [1.54, 1.807) is 6.20 Å². The van der Waals surface area contributed by atoms with Gasteiger partial charge in [-0.25, -0.2) is 9.97 Å². The molecule has 0 fully saturated rings. The van der Waals surface area contributed by atoms with Crippen LogP contribution in [0.4, 0.5) is 5.95 Å². The molecule has 0 aliphatic heterocycles. The number of anilines is 1. The van der Waals surface area contributed by atoms with E-state index in [4.69, 9.17) is 5.73 Å². The standard InChI is InChI=1S/C21H20N4O/c1-12-6-5-9-23-20(12)16-8-4-3-7-15(16)14-10-17-19(18(26)11-14)13(2)24-21(22)25-17/h3-9,14H,10-11H2,1-2H3,(H2,22,24,25). The molecule has 2 heterocycles. The summed E-state index contributed by atoms with van der Waals surface area (Å²) in [5.41, 5.74) is 12.2. The first kappa shape index (κ1) is 16.4. The summed E-state index contributed by atoms with van der Waals surface area (Å²) < 4.78 is 0. The molecule has 1 atom stereocenters. The van der Waals surface area contributed by atoms with E-state index >= 15 is 0 Å². The van der Waals surface area contributed by atoms with E-state index < -0.39 is 0 Å². The zero-order chi connectivity index (χ0) is 18.3. The molecular formula is C21H20N4O. The average Bonchev–Trinajstić information content (AvgIpc) is 2.61. The molecule has 4 rings (SSSR count). The second kappa shape index (κ2) is 6.33. The van der Waals surface area contributed by atoms with Gasteiger partial charge in [0.15, 0.2) is 5.78 Å². The Balaban J connectivity index is 1.81. The molecule has 5 heteroatoms. The Morgan fingerprint density at radius 2 is 1.85 bits per heavy atom. The number of aromatic nitrogens is 3. The van der Waals surface area contributed by atoms with Gasteiger partial charge in [-0.3, -0.25) is 9.78 Å². The van der Waals surface area contributed by atoms with Crippen molar-refractivity contribution in [2.75, 3.05) is 5.73 Å². The molecule has 5 nitrogen and oxygen atoms in total. The molecular weight excluding hydrogens is 324 g/mol. The third kappa shape index (κ3) is 2.75. The van der Waals surface area contributed by atoms with Gasteiger partial charge in [-0.15, -0.1) is 0 Å². The lowest BCUT2D eigenvalue weighted by atomic mass is 9.79. The maximum absolute atomic E-state index is 12.8. The van der Waals surface area contributed by atoms with Gasteiger partial charge in [0, 0.05) is 18.2 Å². The molecule has 0 spiro atoms. The van der Waals surface area contributed by atoms with Gasteiger partial charge >= 0.3 is 0 Å². The highest BCUT2D eigenvalue weighted by Crippen LogP contribution is 2.38. The van der Waals surface area contributed by atoms with Crippen LogP contribution < -0.4 is 5.73 Å². The zero-order valence-electron chi connectivity index (χ0n) is 14.9. The first-order valence-electron chi connectivity index (χ1n) is 8.71. The summed E-state index contributed by atoms with van der Waals surface area (Å²) in [5.74, 6) is 0.367. The number of rotatable bonds is 2. The topological polar surface area (TPSA) is 81.8 Å². The van der Waals surface area contributed by atoms with Crippen LogP contribution in [-0.4, -0.2) is 20.7 Å². The quantitative estimate of drug-likeness (QED) is 0.767. The Labute approximate surface area is 152 Å². The predicted molar refractivity (Wildman–Crippen MR) is 101 cm³/mol. The van der Waals surface area contributed by atoms with Gasteiger partial charge in [0.05, 0.1) is 22.6 Å². The van der Waals surface area contributed by atoms with Crippen molar-refractivity contribution in [1.82, 2.24) is 15.0 Å². The van der Waals surface area contributed by atoms with Gasteiger partial charge in [0.1, 0.15) is 0 Å². The van der Waals surface area contributed by atoms with Gasteiger partial charge in [0.25, 0.3) is 0 Å². The Bertz CT molecular complexity index is 1010. The third-order valence-electron chi connectivity index (χ3n) is 5.00. The SMILES string of the molecule is Cc1cccnc1-c1ccccc1C1CC(=O)c2c(C)nc(N)nc2C1. The number of pyridine rings is 1. The second-order valence-electron chi connectivity index (χ2n) is 6.77. The summed E-state index contributed by atoms with van der Waals surface area (Å²) in [6, 6.07) is 12.2. The molecule has 26 heavy (non-hydrogen) atoms. The van der Waals surface area contributed by atoms with E-state index in [-0.39, 0.29) is 17.6 Å². The lowest BCUT2D eigenvalue weighted by Crippen LogP contribution is -2.23. The van der Waals surface area contributed by atoms with Gasteiger partial charge in [0.2, 0.25) is 5.95 Å². The molecule has 1 aliphatic carbocycles. The summed E-state index contributed by atoms with van der Waals surface area (Å²) >= 11 is 0. The number of nitrogen functional groups attached to an aromatic ring is 1. The smallest absolute Gasteiger partial charge is 0.220 e. The minimum absolute atomic E-state index is 0.0568. The first-order valence-corrected chi connectivity index (χ1v) is 8.71. The monoisotopic (exact) mass is 344 g/mol. The summed E-state index contributed by atoms with van der Waals surface area (Å²) in [6.07, 6.45) is 2.93. The van der Waals surface area contributed by atoms with Crippen molar-refractivity contribution in [3.05, 3.63) is 70.7 Å². The van der Waals surface area contributed by atoms with Crippen molar-refractivity contribution in [3.8, 4) is 11.3 Å². The lowest BCUT2D eigenvalue weighted by molar-refractivity contribution is 0.0962. The fourth-order valence-corrected chi connectivity index (χ4v) is 3.85. The van der Waals surface area contributed by atoms with Crippen molar-refractivity contribution < 1.29 is 4.79 Å². The summed E-state index contributed by atoms with van der Waals surface area (Å²) in [5, 5.41) is 0. The zero-order valence-corrected chi connectivity index (χ0v) is 14.9. The number of benzene rings is 1. The highest BCUT2D eigenvalue weighted by Gasteiger charge is 2.31. The van der Waals surface area contributed by atoms with Gasteiger partial charge in [-0.2, -0.15) is 0 Å². The van der Waals surface area contributed by atoms with Crippen LogP contribution in [-0.2, 0) is 6.42 Å². The number of aryl methyl sites for hydroxylation is 2. The number of carbonyl (C=O) groups is 1. The van der Waals surface area contributed by atoms with Gasteiger partial charge in [-0.05, 0) is 43.4 Å². The molecule has 0 radical (unpaired) electrons. The van der Waals surface area contributed by atoms with E-state index in [2.05, 4.69) is 40.1 Å². The first-order chi connectivity index (χ1) is 12.5. The van der Waals surface area contributed by atoms with Crippen molar-refractivity contribution in [3.63, 3.8) is 0 Å². The number of fused-ring (bicyclic) bond motifs is 1. The second-order valence-corrected chi connectivity index (χ2v) is 6.77. The number of ketones is 1. The van der Waals surface area contributed by atoms with Crippen molar-refractivity contribution in [2.24, 2.45) is 0 Å². The maximum Gasteiger partial charge on any atom is 0.220 e. The number of hydrogen-bond donors (Lipinski definition) is 1. The molecule has 0 saturated carbocycles. The van der Waals surface area contributed by atoms with Crippen LogP contribution in [0.25, 0.3) is 11.3 Å². The number of nitrogens with two attached hydrogens (primary N) is 1. The number of hydrogen-bond acceptors (Lipinski definition) is 5. The normalized spacial score (nSPS) is 16.4. The molecule has 1 aromatic carbocycles. The number of carbonyl (C=O) groups excluding carboxylic acids is 1. The van der Waals surface area contributed by atoms with E-state index in [1.165, 1.54) is 0 Å². The number of nitrogens with zero attached hydrogens (tertiary/aromatic N) is 3. The van der Waals surface area contributed by atoms with Crippen LogP contribution in [0.3, 0.4) is 0 Å². The molecule has 2 aromatic heterocycles. The fourth-order valence-electron chi connectivity index (χ4n) is 3.85. The maximum atomic E-state index is 12.8. The minimum atomic E-state index is 0.0568. The van der Waals surface area contributed by atoms with Crippen molar-refractivity contribution in [1.29, 1.82) is 0 Å². The van der Waals surface area contributed by atoms with Crippen LogP contribution in [0, 0.1) is 13.8 Å². The molecule has 1 aliphatic rings. The van der Waals surface area contributed by atoms with E-state index in [0.717, 1.165) is 28.1 Å². The summed E-state index contributed by atoms with van der Waals surface area (Å²) in [4.78, 5) is 25.8. The Kier molecular flexibility index (Phi) is 3.99. The largest absolute Gasteiger partial charge is 0.368 e. The van der Waals surface area contributed by atoms with Crippen LogP contribution in [0.5, 0.6) is 0 Å².